The Kier molecular flexibility index (Phi) is 0.821. The lowest BCUT2D eigenvalue weighted by atomic mass is 10.3. The molecule has 1 rings (SSSR count). The molecular weight excluding hydrogens is 104 g/mol. The van der Waals surface area contributed by atoms with Crippen LogP contribution in [0.2, 0.25) is 0 Å². The highest BCUT2D eigenvalue weighted by Gasteiger charge is 1.96. The summed E-state index contributed by atoms with van der Waals surface area (Å²) in [6.45, 7) is 0. The van der Waals surface area contributed by atoms with Gasteiger partial charge >= 0.3 is 0 Å². The van der Waals surface area contributed by atoms with Crippen molar-refractivity contribution in [2.24, 2.45) is 0 Å². The van der Waals surface area contributed by atoms with Gasteiger partial charge in [-0.3, -0.25) is 0 Å². The first kappa shape index (κ1) is 3.78. The SMILES string of the molecule is [2H]OC(O)=C1C=CC=C1. The molecule has 0 atom stereocenters. The molecule has 8 heavy (non-hydrogen) atoms. The summed E-state index contributed by atoms with van der Waals surface area (Å²) in [5.74, 6) is -0.361. The minimum absolute atomic E-state index is 0.361. The largest absolute Gasteiger partial charge is 0.481 e. The van der Waals surface area contributed by atoms with Gasteiger partial charge in [-0.25, -0.2) is 0 Å². The Labute approximate surface area is 48.6 Å². The fourth-order valence-corrected chi connectivity index (χ4v) is 0.517. The smallest absolute Gasteiger partial charge is 0.297 e. The molecule has 0 heterocycles. The van der Waals surface area contributed by atoms with E-state index in [2.05, 4.69) is 5.11 Å². The van der Waals surface area contributed by atoms with Crippen LogP contribution in [0.15, 0.2) is 35.8 Å². The van der Waals surface area contributed by atoms with E-state index in [9.17, 15) is 0 Å². The third-order valence-electron chi connectivity index (χ3n) is 0.910. The van der Waals surface area contributed by atoms with E-state index in [-0.39, 0.29) is 5.95 Å². The third kappa shape index (κ3) is 0.729. The Morgan fingerprint density at radius 1 is 1.50 bits per heavy atom. The van der Waals surface area contributed by atoms with Crippen LogP contribution in [0.1, 0.15) is 0 Å². The van der Waals surface area contributed by atoms with E-state index in [0.29, 0.717) is 5.57 Å². The van der Waals surface area contributed by atoms with Crippen molar-refractivity contribution in [1.29, 1.82) is 1.43 Å². The maximum Gasteiger partial charge on any atom is 0.297 e. The van der Waals surface area contributed by atoms with Gasteiger partial charge in [-0.15, -0.1) is 0 Å². The maximum atomic E-state index is 8.73. The molecule has 2 nitrogen and oxygen atoms in total. The third-order valence-corrected chi connectivity index (χ3v) is 0.910. The van der Waals surface area contributed by atoms with Crippen molar-refractivity contribution < 1.29 is 10.2 Å². The molecule has 0 saturated heterocycles. The lowest BCUT2D eigenvalue weighted by Gasteiger charge is -1.87. The van der Waals surface area contributed by atoms with Crippen molar-refractivity contribution in [2.75, 3.05) is 0 Å². The van der Waals surface area contributed by atoms with Crippen molar-refractivity contribution in [1.82, 2.24) is 0 Å². The first-order valence-electron chi connectivity index (χ1n) is 2.66. The van der Waals surface area contributed by atoms with Crippen LogP contribution in [0.4, 0.5) is 0 Å². The van der Waals surface area contributed by atoms with Crippen molar-refractivity contribution in [3.8, 4) is 0 Å². The summed E-state index contributed by atoms with van der Waals surface area (Å²) in [7, 11) is 0. The highest BCUT2D eigenvalue weighted by molar-refractivity contribution is 5.39. The molecule has 42 valence electrons. The molecule has 2 heteroatoms. The molecule has 1 aliphatic carbocycles. The molecule has 0 saturated carbocycles. The second-order valence-corrected chi connectivity index (χ2v) is 1.48. The fourth-order valence-electron chi connectivity index (χ4n) is 0.517. The van der Waals surface area contributed by atoms with Crippen LogP contribution < -0.4 is 0 Å². The second-order valence-electron chi connectivity index (χ2n) is 1.48. The average Bonchev–Trinajstić information content (AvgIpc) is 2.37. The van der Waals surface area contributed by atoms with E-state index in [4.69, 9.17) is 6.54 Å². The van der Waals surface area contributed by atoms with Crippen LogP contribution in [-0.4, -0.2) is 10.2 Å². The van der Waals surface area contributed by atoms with Crippen LogP contribution in [0.5, 0.6) is 0 Å². The zero-order valence-corrected chi connectivity index (χ0v) is 4.16. The molecule has 0 unspecified atom stereocenters. The molecule has 0 aromatic rings. The predicted molar refractivity (Wildman–Crippen MR) is 30.6 cm³/mol. The molecule has 0 aromatic heterocycles. The first-order valence-corrected chi connectivity index (χ1v) is 2.26. The van der Waals surface area contributed by atoms with Gasteiger partial charge in [0.25, 0.3) is 7.38 Å². The summed E-state index contributed by atoms with van der Waals surface area (Å²) in [6.07, 6.45) is 6.82. The van der Waals surface area contributed by atoms with Gasteiger partial charge in [0.2, 0.25) is 0 Å². The van der Waals surface area contributed by atoms with Crippen molar-refractivity contribution in [3.05, 3.63) is 35.8 Å². The summed E-state index contributed by atoms with van der Waals surface area (Å²) in [5, 5.41) is 12.5. The number of aliphatic hydroxyl groups is 2. The molecule has 0 aromatic carbocycles. The molecule has 2 N–H and O–H groups in total. The Hall–Kier alpha value is -1.18. The van der Waals surface area contributed by atoms with Crippen molar-refractivity contribution >= 4 is 0 Å². The molecule has 0 aliphatic heterocycles. The van der Waals surface area contributed by atoms with Crippen LogP contribution in [0, 0.1) is 0 Å². The number of hydrogen-bond donors (Lipinski definition) is 2. The number of allylic oxidation sites excluding steroid dienone is 5. The summed E-state index contributed by atoms with van der Waals surface area (Å²) in [4.78, 5) is 0. The Morgan fingerprint density at radius 2 is 2.12 bits per heavy atom. The molecule has 0 radical (unpaired) electrons. The Morgan fingerprint density at radius 3 is 2.62 bits per heavy atom. The van der Waals surface area contributed by atoms with Crippen molar-refractivity contribution in [2.45, 2.75) is 0 Å². The molecule has 1 aliphatic rings. The highest BCUT2D eigenvalue weighted by Crippen LogP contribution is 2.08. The summed E-state index contributed by atoms with van der Waals surface area (Å²) in [5.41, 5.74) is 0.532. The maximum absolute atomic E-state index is 8.73. The lowest BCUT2D eigenvalue weighted by molar-refractivity contribution is 0.188. The van der Waals surface area contributed by atoms with Gasteiger partial charge in [0.05, 0.1) is 5.57 Å². The Bertz CT molecular complexity index is 177. The molecular formula is C6H6O2. The van der Waals surface area contributed by atoms with Gasteiger partial charge in [-0.2, -0.15) is 0 Å². The molecule has 0 fully saturated rings. The van der Waals surface area contributed by atoms with Crippen LogP contribution in [-0.2, 0) is 0 Å². The van der Waals surface area contributed by atoms with E-state index in [1.54, 1.807) is 24.3 Å². The summed E-state index contributed by atoms with van der Waals surface area (Å²) >= 11 is 0. The zero-order valence-electron chi connectivity index (χ0n) is 5.16. The van der Waals surface area contributed by atoms with Crippen molar-refractivity contribution in [3.63, 3.8) is 0 Å². The average molecular weight is 111 g/mol. The monoisotopic (exact) mass is 111 g/mol. The van der Waals surface area contributed by atoms with Crippen LogP contribution in [0.3, 0.4) is 0 Å². The fraction of sp³-hybridized carbons (Fsp3) is 0. The summed E-state index contributed by atoms with van der Waals surface area (Å²) < 4.78 is 6.30. The molecule has 0 bridgehead atoms. The van der Waals surface area contributed by atoms with Crippen LogP contribution >= 0.6 is 0 Å². The number of hydrogen-bond acceptors (Lipinski definition) is 2. The standard InChI is InChI=1S/C6H6O2/c7-6(8)5-3-1-2-4-5/h1-4,7-8H/i/hD. The van der Waals surface area contributed by atoms with Gasteiger partial charge in [-0.1, -0.05) is 12.2 Å². The number of aliphatic hydroxyl groups excluding tert-OH is 1. The minimum atomic E-state index is -0.361. The van der Waals surface area contributed by atoms with Gasteiger partial charge in [0, 0.05) is 0 Å². The van der Waals surface area contributed by atoms with Gasteiger partial charge < -0.3 is 10.2 Å². The first-order chi connectivity index (χ1) is 4.34. The molecule has 0 spiro atoms. The van der Waals surface area contributed by atoms with Crippen LogP contribution in [0.25, 0.3) is 1.43 Å². The number of rotatable bonds is 1. The highest BCUT2D eigenvalue weighted by atomic mass is 16.5. The lowest BCUT2D eigenvalue weighted by Crippen LogP contribution is -1.79. The van der Waals surface area contributed by atoms with E-state index in [1.165, 1.54) is 0 Å². The predicted octanol–water partition coefficient (Wildman–Crippen LogP) is 1.44. The van der Waals surface area contributed by atoms with E-state index >= 15 is 0 Å². The minimum Gasteiger partial charge on any atom is -0.481 e. The van der Waals surface area contributed by atoms with Gasteiger partial charge in [-0.05, 0) is 12.2 Å². The van der Waals surface area contributed by atoms with E-state index < -0.39 is 0 Å². The van der Waals surface area contributed by atoms with Gasteiger partial charge in [0.15, 0.2) is 0 Å². The van der Waals surface area contributed by atoms with E-state index in [1.807, 2.05) is 0 Å². The normalized spacial score (nSPS) is 16.5. The molecule has 0 amide bonds. The van der Waals surface area contributed by atoms with E-state index in [0.717, 1.165) is 0 Å². The second kappa shape index (κ2) is 1.74. The van der Waals surface area contributed by atoms with Gasteiger partial charge in [0.1, 0.15) is 0 Å². The topological polar surface area (TPSA) is 40.5 Å². The zero-order chi connectivity index (χ0) is 6.69. The Balaban J connectivity index is 2.81. The summed E-state index contributed by atoms with van der Waals surface area (Å²) in [6, 6.07) is 0. The quantitative estimate of drug-likeness (QED) is 0.502.